The fourth-order valence-electron chi connectivity index (χ4n) is 2.43. The maximum Gasteiger partial charge on any atom is 0.0434 e. The largest absolute Gasteiger partial charge is 0.396 e. The molecule has 0 unspecified atom stereocenters. The molecule has 0 atom stereocenters. The predicted molar refractivity (Wildman–Crippen MR) is 63.4 cm³/mol. The topological polar surface area (TPSA) is 23.5 Å². The molecule has 1 aliphatic heterocycles. The summed E-state index contributed by atoms with van der Waals surface area (Å²) in [5.41, 5.74) is 4.28. The van der Waals surface area contributed by atoms with Crippen molar-refractivity contribution < 1.29 is 5.11 Å². The summed E-state index contributed by atoms with van der Waals surface area (Å²) in [6, 6.07) is 6.56. The van der Waals surface area contributed by atoms with Crippen molar-refractivity contribution in [3.63, 3.8) is 0 Å². The first-order chi connectivity index (χ1) is 7.33. The lowest BCUT2D eigenvalue weighted by atomic mass is 9.96. The molecule has 0 saturated heterocycles. The van der Waals surface area contributed by atoms with E-state index >= 15 is 0 Å². The van der Waals surface area contributed by atoms with E-state index in [0.29, 0.717) is 0 Å². The van der Waals surface area contributed by atoms with Gasteiger partial charge in [0.05, 0.1) is 0 Å². The highest BCUT2D eigenvalue weighted by Crippen LogP contribution is 2.30. The molecule has 0 saturated carbocycles. The third kappa shape index (κ3) is 2.15. The van der Waals surface area contributed by atoms with Crippen LogP contribution in [-0.4, -0.2) is 25.3 Å². The van der Waals surface area contributed by atoms with Gasteiger partial charge in [-0.1, -0.05) is 18.2 Å². The first-order valence-corrected chi connectivity index (χ1v) is 5.75. The van der Waals surface area contributed by atoms with Crippen molar-refractivity contribution in [1.29, 1.82) is 0 Å². The van der Waals surface area contributed by atoms with Crippen molar-refractivity contribution in [3.05, 3.63) is 29.3 Å². The van der Waals surface area contributed by atoms with Gasteiger partial charge in [-0.3, -0.25) is 0 Å². The SMILES string of the molecule is CN1CCCc2cccc(CCCO)c21. The standard InChI is InChI=1S/C13H19NO/c1-14-9-3-7-11-5-2-6-12(13(11)14)8-4-10-15/h2,5-6,15H,3-4,7-10H2,1H3. The zero-order valence-corrected chi connectivity index (χ0v) is 9.37. The third-order valence-electron chi connectivity index (χ3n) is 3.13. The number of rotatable bonds is 3. The Balaban J connectivity index is 2.29. The Morgan fingerprint density at radius 3 is 3.07 bits per heavy atom. The van der Waals surface area contributed by atoms with Crippen molar-refractivity contribution in [1.82, 2.24) is 0 Å². The Hall–Kier alpha value is -1.02. The molecule has 1 N–H and O–H groups in total. The van der Waals surface area contributed by atoms with Crippen molar-refractivity contribution in [2.24, 2.45) is 0 Å². The molecule has 0 aromatic heterocycles. The fourth-order valence-corrected chi connectivity index (χ4v) is 2.43. The minimum Gasteiger partial charge on any atom is -0.396 e. The molecule has 2 heteroatoms. The van der Waals surface area contributed by atoms with Crippen LogP contribution in [0.4, 0.5) is 5.69 Å². The van der Waals surface area contributed by atoms with Gasteiger partial charge in [-0.05, 0) is 36.8 Å². The number of hydrogen-bond donors (Lipinski definition) is 1. The number of para-hydroxylation sites is 1. The van der Waals surface area contributed by atoms with E-state index in [2.05, 4.69) is 30.1 Å². The van der Waals surface area contributed by atoms with Gasteiger partial charge in [0.2, 0.25) is 0 Å². The van der Waals surface area contributed by atoms with Crippen LogP contribution in [0.5, 0.6) is 0 Å². The highest BCUT2D eigenvalue weighted by Gasteiger charge is 2.16. The average Bonchev–Trinajstić information content (AvgIpc) is 2.26. The lowest BCUT2D eigenvalue weighted by molar-refractivity contribution is 0.288. The summed E-state index contributed by atoms with van der Waals surface area (Å²) in [7, 11) is 2.17. The van der Waals surface area contributed by atoms with Gasteiger partial charge >= 0.3 is 0 Å². The van der Waals surface area contributed by atoms with Crippen LogP contribution in [0.3, 0.4) is 0 Å². The van der Waals surface area contributed by atoms with E-state index in [-0.39, 0.29) is 6.61 Å². The maximum atomic E-state index is 8.88. The Bertz CT molecular complexity index is 335. The normalized spacial score (nSPS) is 15.2. The number of hydrogen-bond acceptors (Lipinski definition) is 2. The van der Waals surface area contributed by atoms with Crippen LogP contribution in [0.2, 0.25) is 0 Å². The molecule has 1 aromatic carbocycles. The van der Waals surface area contributed by atoms with Crippen molar-refractivity contribution in [3.8, 4) is 0 Å². The number of aliphatic hydroxyl groups excluding tert-OH is 1. The zero-order chi connectivity index (χ0) is 10.7. The van der Waals surface area contributed by atoms with Crippen LogP contribution < -0.4 is 4.90 Å². The summed E-state index contributed by atoms with van der Waals surface area (Å²) >= 11 is 0. The smallest absolute Gasteiger partial charge is 0.0434 e. The molecular weight excluding hydrogens is 186 g/mol. The first kappa shape index (κ1) is 10.5. The van der Waals surface area contributed by atoms with E-state index in [9.17, 15) is 0 Å². The van der Waals surface area contributed by atoms with Crippen molar-refractivity contribution in [2.75, 3.05) is 25.1 Å². The highest BCUT2D eigenvalue weighted by atomic mass is 16.2. The molecule has 1 heterocycles. The molecule has 1 aliphatic rings. The van der Waals surface area contributed by atoms with Crippen LogP contribution in [-0.2, 0) is 12.8 Å². The Morgan fingerprint density at radius 1 is 1.40 bits per heavy atom. The van der Waals surface area contributed by atoms with Crippen LogP contribution in [0, 0.1) is 0 Å². The highest BCUT2D eigenvalue weighted by molar-refractivity contribution is 5.60. The molecule has 82 valence electrons. The molecular formula is C13H19NO. The quantitative estimate of drug-likeness (QED) is 0.815. The monoisotopic (exact) mass is 205 g/mol. The van der Waals surface area contributed by atoms with Crippen molar-refractivity contribution >= 4 is 5.69 Å². The van der Waals surface area contributed by atoms with Gasteiger partial charge in [-0.2, -0.15) is 0 Å². The minimum atomic E-state index is 0.285. The molecule has 1 aromatic rings. The van der Waals surface area contributed by atoms with Crippen LogP contribution >= 0.6 is 0 Å². The Morgan fingerprint density at radius 2 is 2.27 bits per heavy atom. The lowest BCUT2D eigenvalue weighted by Crippen LogP contribution is -2.26. The second-order valence-electron chi connectivity index (χ2n) is 4.28. The molecule has 0 aliphatic carbocycles. The number of aliphatic hydroxyl groups is 1. The second-order valence-corrected chi connectivity index (χ2v) is 4.28. The van der Waals surface area contributed by atoms with Gasteiger partial charge in [-0.25, -0.2) is 0 Å². The molecule has 0 fully saturated rings. The van der Waals surface area contributed by atoms with E-state index in [1.807, 2.05) is 0 Å². The predicted octanol–water partition coefficient (Wildman–Crippen LogP) is 1.99. The summed E-state index contributed by atoms with van der Waals surface area (Å²) in [5.74, 6) is 0. The van der Waals surface area contributed by atoms with Gasteiger partial charge in [0.15, 0.2) is 0 Å². The van der Waals surface area contributed by atoms with E-state index in [1.54, 1.807) is 0 Å². The lowest BCUT2D eigenvalue weighted by Gasteiger charge is -2.30. The van der Waals surface area contributed by atoms with Gasteiger partial charge in [-0.15, -0.1) is 0 Å². The Labute approximate surface area is 91.5 Å². The molecule has 0 amide bonds. The third-order valence-corrected chi connectivity index (χ3v) is 3.13. The number of fused-ring (bicyclic) bond motifs is 1. The number of nitrogens with zero attached hydrogens (tertiary/aromatic N) is 1. The Kier molecular flexibility index (Phi) is 3.27. The number of anilines is 1. The van der Waals surface area contributed by atoms with Gasteiger partial charge in [0.25, 0.3) is 0 Å². The van der Waals surface area contributed by atoms with Crippen LogP contribution in [0.1, 0.15) is 24.0 Å². The van der Waals surface area contributed by atoms with E-state index in [4.69, 9.17) is 5.11 Å². The van der Waals surface area contributed by atoms with E-state index in [0.717, 1.165) is 19.4 Å². The number of benzene rings is 1. The van der Waals surface area contributed by atoms with Gasteiger partial charge < -0.3 is 10.0 Å². The first-order valence-electron chi connectivity index (χ1n) is 5.75. The average molecular weight is 205 g/mol. The molecule has 0 spiro atoms. The molecule has 2 rings (SSSR count). The van der Waals surface area contributed by atoms with Gasteiger partial charge in [0.1, 0.15) is 0 Å². The van der Waals surface area contributed by atoms with Gasteiger partial charge in [0, 0.05) is 25.9 Å². The second kappa shape index (κ2) is 4.67. The molecule has 15 heavy (non-hydrogen) atoms. The fraction of sp³-hybridized carbons (Fsp3) is 0.538. The van der Waals surface area contributed by atoms with Crippen LogP contribution in [0.25, 0.3) is 0 Å². The molecule has 2 nitrogen and oxygen atoms in total. The van der Waals surface area contributed by atoms with Crippen molar-refractivity contribution in [2.45, 2.75) is 25.7 Å². The summed E-state index contributed by atoms with van der Waals surface area (Å²) in [6.45, 7) is 1.44. The summed E-state index contributed by atoms with van der Waals surface area (Å²) in [6.07, 6.45) is 4.31. The zero-order valence-electron chi connectivity index (χ0n) is 9.37. The van der Waals surface area contributed by atoms with E-state index < -0.39 is 0 Å². The van der Waals surface area contributed by atoms with E-state index in [1.165, 1.54) is 29.7 Å². The van der Waals surface area contributed by atoms with Crippen LogP contribution in [0.15, 0.2) is 18.2 Å². The summed E-state index contributed by atoms with van der Waals surface area (Å²) in [5, 5.41) is 8.88. The minimum absolute atomic E-state index is 0.285. The summed E-state index contributed by atoms with van der Waals surface area (Å²) < 4.78 is 0. The molecule has 0 radical (unpaired) electrons. The number of aryl methyl sites for hydroxylation is 2. The maximum absolute atomic E-state index is 8.88. The molecule has 0 bridgehead atoms. The summed E-state index contributed by atoms with van der Waals surface area (Å²) in [4.78, 5) is 2.35.